The standard InChI is InChI=1S/C15H19N3O2/c1-11-8-14(18(2)17-11)15(20)16-13(10-19)9-12-6-4-3-5-7-12/h3-8,13,19H,9-10H2,1-2H3,(H,16,20). The molecule has 2 N–H and O–H groups in total. The zero-order valence-corrected chi connectivity index (χ0v) is 11.7. The lowest BCUT2D eigenvalue weighted by Crippen LogP contribution is -2.39. The van der Waals surface area contributed by atoms with E-state index in [1.165, 1.54) is 0 Å². The monoisotopic (exact) mass is 273 g/mol. The highest BCUT2D eigenvalue weighted by molar-refractivity contribution is 5.92. The van der Waals surface area contributed by atoms with E-state index in [1.54, 1.807) is 17.8 Å². The molecule has 0 saturated carbocycles. The van der Waals surface area contributed by atoms with Gasteiger partial charge >= 0.3 is 0 Å². The van der Waals surface area contributed by atoms with Gasteiger partial charge in [0.05, 0.1) is 18.3 Å². The second-order valence-electron chi connectivity index (χ2n) is 4.84. The SMILES string of the molecule is Cc1cc(C(=O)NC(CO)Cc2ccccc2)n(C)n1. The van der Waals surface area contributed by atoms with Crippen molar-refractivity contribution in [1.29, 1.82) is 0 Å². The summed E-state index contributed by atoms with van der Waals surface area (Å²) in [4.78, 5) is 12.2. The Kier molecular flexibility index (Phi) is 4.53. The third kappa shape index (κ3) is 3.45. The molecule has 0 radical (unpaired) electrons. The van der Waals surface area contributed by atoms with Crippen molar-refractivity contribution in [3.63, 3.8) is 0 Å². The van der Waals surface area contributed by atoms with Gasteiger partial charge < -0.3 is 10.4 Å². The molecule has 2 rings (SSSR count). The molecule has 1 heterocycles. The van der Waals surface area contributed by atoms with Crippen molar-refractivity contribution >= 4 is 5.91 Å². The van der Waals surface area contributed by atoms with Crippen LogP contribution in [0.25, 0.3) is 0 Å². The fraction of sp³-hybridized carbons (Fsp3) is 0.333. The van der Waals surface area contributed by atoms with Gasteiger partial charge in [-0.15, -0.1) is 0 Å². The molecule has 1 aromatic carbocycles. The first-order valence-electron chi connectivity index (χ1n) is 6.56. The summed E-state index contributed by atoms with van der Waals surface area (Å²) in [5.74, 6) is -0.219. The highest BCUT2D eigenvalue weighted by atomic mass is 16.3. The lowest BCUT2D eigenvalue weighted by atomic mass is 10.1. The molecule has 0 aliphatic heterocycles. The number of hydrogen-bond donors (Lipinski definition) is 2. The summed E-state index contributed by atoms with van der Waals surface area (Å²) in [6, 6.07) is 11.2. The minimum Gasteiger partial charge on any atom is -0.394 e. The Morgan fingerprint density at radius 2 is 2.10 bits per heavy atom. The van der Waals surface area contributed by atoms with E-state index >= 15 is 0 Å². The van der Waals surface area contributed by atoms with Crippen LogP contribution in [0.2, 0.25) is 0 Å². The maximum absolute atomic E-state index is 12.2. The quantitative estimate of drug-likeness (QED) is 0.856. The second kappa shape index (κ2) is 6.34. The summed E-state index contributed by atoms with van der Waals surface area (Å²) in [7, 11) is 1.73. The lowest BCUT2D eigenvalue weighted by molar-refractivity contribution is 0.0907. The van der Waals surface area contributed by atoms with Crippen LogP contribution in [0.15, 0.2) is 36.4 Å². The molecule has 2 aromatic rings. The molecule has 1 amide bonds. The fourth-order valence-corrected chi connectivity index (χ4v) is 2.14. The molecule has 0 saturated heterocycles. The number of nitrogens with one attached hydrogen (secondary N) is 1. The van der Waals surface area contributed by atoms with Crippen molar-refractivity contribution in [2.24, 2.45) is 7.05 Å². The maximum atomic E-state index is 12.2. The van der Waals surface area contributed by atoms with Crippen LogP contribution in [0.4, 0.5) is 0 Å². The lowest BCUT2D eigenvalue weighted by Gasteiger charge is -2.16. The Hall–Kier alpha value is -2.14. The van der Waals surface area contributed by atoms with Gasteiger partial charge in [0, 0.05) is 7.05 Å². The van der Waals surface area contributed by atoms with Crippen molar-refractivity contribution in [2.45, 2.75) is 19.4 Å². The number of amides is 1. The predicted octanol–water partition coefficient (Wildman–Crippen LogP) is 1.06. The van der Waals surface area contributed by atoms with Crippen molar-refractivity contribution < 1.29 is 9.90 Å². The summed E-state index contributed by atoms with van der Waals surface area (Å²) in [6.45, 7) is 1.74. The van der Waals surface area contributed by atoms with Gasteiger partial charge in [0.2, 0.25) is 0 Å². The molecule has 106 valence electrons. The van der Waals surface area contributed by atoms with Crippen molar-refractivity contribution in [1.82, 2.24) is 15.1 Å². The number of aliphatic hydroxyl groups excluding tert-OH is 1. The molecule has 1 atom stereocenters. The Morgan fingerprint density at radius 3 is 2.65 bits per heavy atom. The van der Waals surface area contributed by atoms with Crippen LogP contribution in [-0.4, -0.2) is 33.4 Å². The van der Waals surface area contributed by atoms with E-state index in [-0.39, 0.29) is 18.6 Å². The number of carbonyl (C=O) groups is 1. The predicted molar refractivity (Wildman–Crippen MR) is 76.4 cm³/mol. The molecular formula is C15H19N3O2. The zero-order valence-electron chi connectivity index (χ0n) is 11.7. The van der Waals surface area contributed by atoms with Crippen LogP contribution in [0.5, 0.6) is 0 Å². The van der Waals surface area contributed by atoms with Gasteiger partial charge in [0.15, 0.2) is 0 Å². The normalized spacial score (nSPS) is 12.2. The van der Waals surface area contributed by atoms with E-state index in [0.29, 0.717) is 12.1 Å². The summed E-state index contributed by atoms with van der Waals surface area (Å²) < 4.78 is 1.54. The van der Waals surface area contributed by atoms with Gasteiger partial charge in [-0.2, -0.15) is 5.10 Å². The molecule has 5 heteroatoms. The largest absolute Gasteiger partial charge is 0.394 e. The van der Waals surface area contributed by atoms with Crippen molar-refractivity contribution in [3.05, 3.63) is 53.3 Å². The molecule has 20 heavy (non-hydrogen) atoms. The minimum absolute atomic E-state index is 0.0997. The molecule has 0 aliphatic carbocycles. The Balaban J connectivity index is 2.03. The minimum atomic E-state index is -0.305. The number of benzene rings is 1. The average Bonchev–Trinajstić information content (AvgIpc) is 2.78. The van der Waals surface area contributed by atoms with Crippen LogP contribution >= 0.6 is 0 Å². The third-order valence-corrected chi connectivity index (χ3v) is 3.12. The molecular weight excluding hydrogens is 254 g/mol. The van der Waals surface area contributed by atoms with E-state index in [1.807, 2.05) is 37.3 Å². The Morgan fingerprint density at radius 1 is 1.40 bits per heavy atom. The first-order chi connectivity index (χ1) is 9.60. The van der Waals surface area contributed by atoms with Gasteiger partial charge in [0.1, 0.15) is 5.69 Å². The molecule has 1 unspecified atom stereocenters. The number of aryl methyl sites for hydroxylation is 2. The van der Waals surface area contributed by atoms with Gasteiger partial charge in [0.25, 0.3) is 5.91 Å². The zero-order chi connectivity index (χ0) is 14.5. The molecule has 0 spiro atoms. The third-order valence-electron chi connectivity index (χ3n) is 3.12. The number of carbonyl (C=O) groups excluding carboxylic acids is 1. The van der Waals surface area contributed by atoms with Crippen LogP contribution in [0.1, 0.15) is 21.7 Å². The Bertz CT molecular complexity index is 578. The summed E-state index contributed by atoms with van der Waals surface area (Å²) in [5.41, 5.74) is 2.36. The number of hydrogen-bond acceptors (Lipinski definition) is 3. The van der Waals surface area contributed by atoms with E-state index in [2.05, 4.69) is 10.4 Å². The van der Waals surface area contributed by atoms with Gasteiger partial charge in [-0.3, -0.25) is 9.48 Å². The van der Waals surface area contributed by atoms with Crippen LogP contribution in [0, 0.1) is 6.92 Å². The van der Waals surface area contributed by atoms with Crippen molar-refractivity contribution in [3.8, 4) is 0 Å². The van der Waals surface area contributed by atoms with Crippen LogP contribution in [-0.2, 0) is 13.5 Å². The fourth-order valence-electron chi connectivity index (χ4n) is 2.14. The molecule has 0 aliphatic rings. The van der Waals surface area contributed by atoms with E-state index < -0.39 is 0 Å². The topological polar surface area (TPSA) is 67.2 Å². The van der Waals surface area contributed by atoms with Gasteiger partial charge in [-0.25, -0.2) is 0 Å². The molecule has 0 fully saturated rings. The van der Waals surface area contributed by atoms with Crippen molar-refractivity contribution in [2.75, 3.05) is 6.61 Å². The number of aliphatic hydroxyl groups is 1. The number of rotatable bonds is 5. The summed E-state index contributed by atoms with van der Waals surface area (Å²) >= 11 is 0. The Labute approximate surface area is 118 Å². The highest BCUT2D eigenvalue weighted by Gasteiger charge is 2.16. The average molecular weight is 273 g/mol. The first-order valence-corrected chi connectivity index (χ1v) is 6.56. The molecule has 1 aromatic heterocycles. The van der Waals surface area contributed by atoms with E-state index in [0.717, 1.165) is 11.3 Å². The second-order valence-corrected chi connectivity index (χ2v) is 4.84. The molecule has 5 nitrogen and oxygen atoms in total. The summed E-state index contributed by atoms with van der Waals surface area (Å²) in [5, 5.41) is 16.4. The van der Waals surface area contributed by atoms with Crippen LogP contribution in [0.3, 0.4) is 0 Å². The van der Waals surface area contributed by atoms with Crippen LogP contribution < -0.4 is 5.32 Å². The summed E-state index contributed by atoms with van der Waals surface area (Å²) in [6.07, 6.45) is 0.597. The van der Waals surface area contributed by atoms with E-state index in [9.17, 15) is 9.90 Å². The van der Waals surface area contributed by atoms with Gasteiger partial charge in [-0.05, 0) is 25.0 Å². The van der Waals surface area contributed by atoms with E-state index in [4.69, 9.17) is 0 Å². The maximum Gasteiger partial charge on any atom is 0.269 e. The first kappa shape index (κ1) is 14.3. The van der Waals surface area contributed by atoms with Gasteiger partial charge in [-0.1, -0.05) is 30.3 Å². The highest BCUT2D eigenvalue weighted by Crippen LogP contribution is 2.06. The molecule has 0 bridgehead atoms. The number of nitrogens with zero attached hydrogens (tertiary/aromatic N) is 2. The smallest absolute Gasteiger partial charge is 0.269 e. The number of aromatic nitrogens is 2.